The van der Waals surface area contributed by atoms with E-state index in [1.54, 1.807) is 0 Å². The zero-order valence-corrected chi connectivity index (χ0v) is 10.8. The number of carbonyl (C=O) groups excluding carboxylic acids is 1. The quantitative estimate of drug-likeness (QED) is 0.802. The van der Waals surface area contributed by atoms with E-state index < -0.39 is 5.97 Å². The van der Waals surface area contributed by atoms with Gasteiger partial charge in [0.1, 0.15) is 0 Å². The number of hydrogen-bond donors (Lipinski definition) is 1. The lowest BCUT2D eigenvalue weighted by Gasteiger charge is -2.31. The van der Waals surface area contributed by atoms with E-state index in [2.05, 4.69) is 13.8 Å². The van der Waals surface area contributed by atoms with Crippen LogP contribution in [0.25, 0.3) is 0 Å². The maximum atomic E-state index is 11.8. The second-order valence-corrected chi connectivity index (χ2v) is 5.35. The summed E-state index contributed by atoms with van der Waals surface area (Å²) in [5, 5.41) is 8.71. The molecule has 0 saturated carbocycles. The maximum Gasteiger partial charge on any atom is 0.303 e. The van der Waals surface area contributed by atoms with Crippen LogP contribution in [0, 0.1) is 11.8 Å². The number of carboxylic acids is 1. The fraction of sp³-hybridized carbons (Fsp3) is 0.846. The molecule has 0 aliphatic carbocycles. The maximum absolute atomic E-state index is 11.8. The minimum Gasteiger partial charge on any atom is -0.481 e. The van der Waals surface area contributed by atoms with Crippen molar-refractivity contribution in [2.24, 2.45) is 11.8 Å². The summed E-state index contributed by atoms with van der Waals surface area (Å²) >= 11 is 0. The molecular formula is C13H23NO3. The Balaban J connectivity index is 2.26. The predicted octanol–water partition coefficient (Wildman–Crippen LogP) is 2.14. The normalized spacial score (nSPS) is 17.5. The zero-order valence-electron chi connectivity index (χ0n) is 10.8. The van der Waals surface area contributed by atoms with E-state index >= 15 is 0 Å². The van der Waals surface area contributed by atoms with Gasteiger partial charge in [0.25, 0.3) is 0 Å². The van der Waals surface area contributed by atoms with Gasteiger partial charge < -0.3 is 10.0 Å². The summed E-state index contributed by atoms with van der Waals surface area (Å²) in [5.41, 5.74) is 0. The third-order valence-electron chi connectivity index (χ3n) is 3.37. The number of carbonyl (C=O) groups is 2. The highest BCUT2D eigenvalue weighted by molar-refractivity contribution is 5.76. The molecule has 0 aromatic heterocycles. The standard InChI is InChI=1S/C13H23NO3/c1-10(2)3-4-12(15)14-7-5-11(6-8-14)9-13(16)17/h10-11H,3-9H2,1-2H3,(H,16,17). The molecule has 0 aromatic carbocycles. The van der Waals surface area contributed by atoms with Crippen LogP contribution in [0.15, 0.2) is 0 Å². The van der Waals surface area contributed by atoms with Crippen LogP contribution in [0.2, 0.25) is 0 Å². The van der Waals surface area contributed by atoms with Crippen LogP contribution in [-0.4, -0.2) is 35.0 Å². The lowest BCUT2D eigenvalue weighted by atomic mass is 9.93. The van der Waals surface area contributed by atoms with Gasteiger partial charge in [-0.1, -0.05) is 13.8 Å². The average molecular weight is 241 g/mol. The van der Waals surface area contributed by atoms with Gasteiger partial charge in [-0.25, -0.2) is 0 Å². The molecule has 1 rings (SSSR count). The van der Waals surface area contributed by atoms with Crippen molar-refractivity contribution >= 4 is 11.9 Å². The third kappa shape index (κ3) is 5.20. The minimum absolute atomic E-state index is 0.229. The van der Waals surface area contributed by atoms with Crippen molar-refractivity contribution in [3.05, 3.63) is 0 Å². The highest BCUT2D eigenvalue weighted by atomic mass is 16.4. The van der Waals surface area contributed by atoms with Gasteiger partial charge in [-0.15, -0.1) is 0 Å². The molecule has 0 spiro atoms. The van der Waals surface area contributed by atoms with E-state index in [-0.39, 0.29) is 18.2 Å². The molecule has 4 nitrogen and oxygen atoms in total. The molecule has 1 fully saturated rings. The Bertz CT molecular complexity index is 268. The van der Waals surface area contributed by atoms with Crippen LogP contribution >= 0.6 is 0 Å². The lowest BCUT2D eigenvalue weighted by Crippen LogP contribution is -2.38. The minimum atomic E-state index is -0.727. The van der Waals surface area contributed by atoms with Gasteiger partial charge in [0.2, 0.25) is 5.91 Å². The molecule has 98 valence electrons. The van der Waals surface area contributed by atoms with Gasteiger partial charge in [0.15, 0.2) is 0 Å². The molecule has 1 heterocycles. The molecule has 0 radical (unpaired) electrons. The van der Waals surface area contributed by atoms with Crippen LogP contribution < -0.4 is 0 Å². The van der Waals surface area contributed by atoms with Gasteiger partial charge in [-0.05, 0) is 31.1 Å². The second kappa shape index (κ2) is 6.62. The Hall–Kier alpha value is -1.06. The van der Waals surface area contributed by atoms with Crippen molar-refractivity contribution in [3.8, 4) is 0 Å². The number of likely N-dealkylation sites (tertiary alicyclic amines) is 1. The molecule has 1 aliphatic rings. The number of hydrogen-bond acceptors (Lipinski definition) is 2. The number of amides is 1. The summed E-state index contributed by atoms with van der Waals surface area (Å²) in [4.78, 5) is 24.3. The number of rotatable bonds is 5. The largest absolute Gasteiger partial charge is 0.481 e. The van der Waals surface area contributed by atoms with Crippen molar-refractivity contribution in [2.45, 2.75) is 46.0 Å². The van der Waals surface area contributed by atoms with E-state index in [0.29, 0.717) is 12.3 Å². The van der Waals surface area contributed by atoms with Gasteiger partial charge in [-0.3, -0.25) is 9.59 Å². The Morgan fingerprint density at radius 2 is 1.88 bits per heavy atom. The first-order valence-electron chi connectivity index (χ1n) is 6.48. The van der Waals surface area contributed by atoms with Gasteiger partial charge in [0.05, 0.1) is 0 Å². The first-order chi connectivity index (χ1) is 7.99. The Kier molecular flexibility index (Phi) is 5.45. The van der Waals surface area contributed by atoms with Crippen molar-refractivity contribution in [3.63, 3.8) is 0 Å². The number of carboxylic acid groups (broad SMARTS) is 1. The second-order valence-electron chi connectivity index (χ2n) is 5.35. The van der Waals surface area contributed by atoms with E-state index in [9.17, 15) is 9.59 Å². The Morgan fingerprint density at radius 3 is 2.35 bits per heavy atom. The number of aliphatic carboxylic acids is 1. The van der Waals surface area contributed by atoms with Crippen LogP contribution in [0.4, 0.5) is 0 Å². The average Bonchev–Trinajstić information content (AvgIpc) is 2.26. The first kappa shape index (κ1) is 14.0. The molecule has 1 aliphatic heterocycles. The summed E-state index contributed by atoms with van der Waals surface area (Å²) in [6.45, 7) is 5.70. The molecule has 1 amide bonds. The van der Waals surface area contributed by atoms with Gasteiger partial charge >= 0.3 is 5.97 Å². The van der Waals surface area contributed by atoms with Crippen LogP contribution in [0.1, 0.15) is 46.0 Å². The molecule has 0 aromatic rings. The van der Waals surface area contributed by atoms with E-state index in [0.717, 1.165) is 32.4 Å². The summed E-state index contributed by atoms with van der Waals surface area (Å²) in [6, 6.07) is 0. The highest BCUT2D eigenvalue weighted by Gasteiger charge is 2.23. The van der Waals surface area contributed by atoms with Gasteiger partial charge in [-0.2, -0.15) is 0 Å². The molecular weight excluding hydrogens is 218 g/mol. The van der Waals surface area contributed by atoms with Crippen LogP contribution in [0.3, 0.4) is 0 Å². The summed E-state index contributed by atoms with van der Waals surface area (Å²) < 4.78 is 0. The zero-order chi connectivity index (χ0) is 12.8. The smallest absolute Gasteiger partial charge is 0.303 e. The fourth-order valence-corrected chi connectivity index (χ4v) is 2.20. The summed E-state index contributed by atoms with van der Waals surface area (Å²) in [5.74, 6) is 0.312. The van der Waals surface area contributed by atoms with E-state index in [1.807, 2.05) is 4.90 Å². The number of piperidine rings is 1. The lowest BCUT2D eigenvalue weighted by molar-refractivity contribution is -0.138. The SMILES string of the molecule is CC(C)CCC(=O)N1CCC(CC(=O)O)CC1. The monoisotopic (exact) mass is 241 g/mol. The van der Waals surface area contributed by atoms with Crippen molar-refractivity contribution < 1.29 is 14.7 Å². The molecule has 17 heavy (non-hydrogen) atoms. The topological polar surface area (TPSA) is 57.6 Å². The summed E-state index contributed by atoms with van der Waals surface area (Å²) in [6.07, 6.45) is 3.47. The number of nitrogens with zero attached hydrogens (tertiary/aromatic N) is 1. The fourth-order valence-electron chi connectivity index (χ4n) is 2.20. The van der Waals surface area contributed by atoms with Crippen LogP contribution in [-0.2, 0) is 9.59 Å². The molecule has 1 saturated heterocycles. The molecule has 0 unspecified atom stereocenters. The predicted molar refractivity (Wildman–Crippen MR) is 65.6 cm³/mol. The molecule has 1 N–H and O–H groups in total. The highest BCUT2D eigenvalue weighted by Crippen LogP contribution is 2.21. The summed E-state index contributed by atoms with van der Waals surface area (Å²) in [7, 11) is 0. The molecule has 0 bridgehead atoms. The van der Waals surface area contributed by atoms with Crippen LogP contribution in [0.5, 0.6) is 0 Å². The van der Waals surface area contributed by atoms with Gasteiger partial charge in [0, 0.05) is 25.9 Å². The van der Waals surface area contributed by atoms with Crippen molar-refractivity contribution in [1.29, 1.82) is 0 Å². The van der Waals surface area contributed by atoms with Crippen molar-refractivity contribution in [1.82, 2.24) is 4.90 Å². The molecule has 4 heteroatoms. The Labute approximate surface area is 103 Å². The third-order valence-corrected chi connectivity index (χ3v) is 3.37. The van der Waals surface area contributed by atoms with Crippen molar-refractivity contribution in [2.75, 3.05) is 13.1 Å². The van der Waals surface area contributed by atoms with E-state index in [1.165, 1.54) is 0 Å². The van der Waals surface area contributed by atoms with E-state index in [4.69, 9.17) is 5.11 Å². The first-order valence-corrected chi connectivity index (χ1v) is 6.48. The molecule has 0 atom stereocenters. The Morgan fingerprint density at radius 1 is 1.29 bits per heavy atom.